The lowest BCUT2D eigenvalue weighted by Gasteiger charge is -2.30. The average molecular weight is 465 g/mol. The van der Waals surface area contributed by atoms with Crippen LogP contribution in [-0.4, -0.2) is 37.8 Å². The number of anilines is 1. The molecule has 1 atom stereocenters. The molecule has 0 aliphatic heterocycles. The predicted molar refractivity (Wildman–Crippen MR) is 128 cm³/mol. The zero-order valence-corrected chi connectivity index (χ0v) is 20.2. The third kappa shape index (κ3) is 5.03. The number of pyridine rings is 1. The van der Waals surface area contributed by atoms with E-state index in [1.54, 1.807) is 29.2 Å². The van der Waals surface area contributed by atoms with E-state index in [2.05, 4.69) is 25.9 Å². The van der Waals surface area contributed by atoms with Gasteiger partial charge in [-0.05, 0) is 64.7 Å². The fourth-order valence-corrected chi connectivity index (χ4v) is 4.70. The SMILES string of the molecule is Cc1noc(C)c1-c1ccc(NC(=O)C(NC(=O)c2ccnn2C(C)C)C2CCCCC2)nc1. The number of carbonyl (C=O) groups excluding carboxylic acids is 2. The number of carbonyl (C=O) groups is 2. The molecule has 34 heavy (non-hydrogen) atoms. The van der Waals surface area contributed by atoms with Gasteiger partial charge in [0, 0.05) is 29.6 Å². The van der Waals surface area contributed by atoms with Gasteiger partial charge in [0.1, 0.15) is 23.3 Å². The van der Waals surface area contributed by atoms with Gasteiger partial charge in [-0.2, -0.15) is 5.10 Å². The van der Waals surface area contributed by atoms with E-state index in [1.165, 1.54) is 0 Å². The van der Waals surface area contributed by atoms with Gasteiger partial charge < -0.3 is 15.2 Å². The molecule has 1 aliphatic rings. The first-order valence-corrected chi connectivity index (χ1v) is 11.9. The quantitative estimate of drug-likeness (QED) is 0.534. The Morgan fingerprint density at radius 1 is 1.12 bits per heavy atom. The highest BCUT2D eigenvalue weighted by molar-refractivity contribution is 6.00. The van der Waals surface area contributed by atoms with Crippen molar-refractivity contribution < 1.29 is 14.1 Å². The molecule has 0 bridgehead atoms. The van der Waals surface area contributed by atoms with E-state index in [4.69, 9.17) is 4.52 Å². The summed E-state index contributed by atoms with van der Waals surface area (Å²) < 4.78 is 6.91. The maximum atomic E-state index is 13.3. The standard InChI is InChI=1S/C25H32N6O3/c1-15(2)31-20(12-13-27-31)24(32)29-23(18-8-6-5-7-9-18)25(33)28-21-11-10-19(14-26-21)22-16(3)30-34-17(22)4/h10-15,18,23H,5-9H2,1-4H3,(H,29,32)(H,26,28,33). The predicted octanol–water partition coefficient (Wildman–Crippen LogP) is 4.45. The Kier molecular flexibility index (Phi) is 7.09. The maximum absolute atomic E-state index is 13.3. The summed E-state index contributed by atoms with van der Waals surface area (Å²) in [4.78, 5) is 30.9. The van der Waals surface area contributed by atoms with Crippen LogP contribution in [0.5, 0.6) is 0 Å². The van der Waals surface area contributed by atoms with Crippen LogP contribution in [0.15, 0.2) is 35.1 Å². The monoisotopic (exact) mass is 464 g/mol. The second-order valence-corrected chi connectivity index (χ2v) is 9.22. The molecule has 2 amide bonds. The number of aryl methyl sites for hydroxylation is 2. The van der Waals surface area contributed by atoms with Crippen LogP contribution in [0, 0.1) is 19.8 Å². The molecule has 1 unspecified atom stereocenters. The third-order valence-corrected chi connectivity index (χ3v) is 6.42. The van der Waals surface area contributed by atoms with Crippen molar-refractivity contribution in [2.75, 3.05) is 5.32 Å². The second kappa shape index (κ2) is 10.2. The Morgan fingerprint density at radius 3 is 2.50 bits per heavy atom. The number of hydrogen-bond donors (Lipinski definition) is 2. The van der Waals surface area contributed by atoms with Crippen LogP contribution in [0.2, 0.25) is 0 Å². The van der Waals surface area contributed by atoms with Crippen LogP contribution in [0.4, 0.5) is 5.82 Å². The van der Waals surface area contributed by atoms with E-state index in [0.29, 0.717) is 11.5 Å². The second-order valence-electron chi connectivity index (χ2n) is 9.22. The molecule has 3 aromatic rings. The first-order valence-electron chi connectivity index (χ1n) is 11.9. The van der Waals surface area contributed by atoms with Crippen LogP contribution in [0.3, 0.4) is 0 Å². The number of nitrogens with one attached hydrogen (secondary N) is 2. The van der Waals surface area contributed by atoms with Crippen molar-refractivity contribution in [1.82, 2.24) is 25.2 Å². The summed E-state index contributed by atoms with van der Waals surface area (Å²) in [6, 6.07) is 4.71. The first-order chi connectivity index (χ1) is 16.3. The lowest BCUT2D eigenvalue weighted by Crippen LogP contribution is -2.49. The highest BCUT2D eigenvalue weighted by Crippen LogP contribution is 2.29. The molecular weight excluding hydrogens is 432 g/mol. The van der Waals surface area contributed by atoms with Gasteiger partial charge in [0.05, 0.1) is 5.69 Å². The summed E-state index contributed by atoms with van der Waals surface area (Å²) in [5.41, 5.74) is 3.01. The molecule has 2 N–H and O–H groups in total. The fraction of sp³-hybridized carbons (Fsp3) is 0.480. The minimum Gasteiger partial charge on any atom is -0.361 e. The van der Waals surface area contributed by atoms with Gasteiger partial charge in [-0.25, -0.2) is 4.98 Å². The molecule has 1 saturated carbocycles. The summed E-state index contributed by atoms with van der Waals surface area (Å²) in [6.45, 7) is 7.66. The number of hydrogen-bond acceptors (Lipinski definition) is 6. The number of rotatable bonds is 7. The fourth-order valence-electron chi connectivity index (χ4n) is 4.70. The van der Waals surface area contributed by atoms with E-state index in [0.717, 1.165) is 54.7 Å². The van der Waals surface area contributed by atoms with Crippen molar-refractivity contribution in [2.24, 2.45) is 5.92 Å². The molecule has 9 nitrogen and oxygen atoms in total. The lowest BCUT2D eigenvalue weighted by molar-refractivity contribution is -0.119. The van der Waals surface area contributed by atoms with E-state index >= 15 is 0 Å². The molecule has 0 saturated heterocycles. The lowest BCUT2D eigenvalue weighted by atomic mass is 9.83. The largest absolute Gasteiger partial charge is 0.361 e. The van der Waals surface area contributed by atoms with Crippen LogP contribution in [0.1, 0.15) is 73.9 Å². The van der Waals surface area contributed by atoms with E-state index in [9.17, 15) is 9.59 Å². The van der Waals surface area contributed by atoms with Gasteiger partial charge in [0.15, 0.2) is 0 Å². The molecule has 0 radical (unpaired) electrons. The summed E-state index contributed by atoms with van der Waals surface area (Å²) >= 11 is 0. The van der Waals surface area contributed by atoms with Gasteiger partial charge >= 0.3 is 0 Å². The Hall–Kier alpha value is -3.49. The molecule has 1 aliphatic carbocycles. The molecule has 3 aromatic heterocycles. The van der Waals surface area contributed by atoms with Crippen molar-refractivity contribution in [3.05, 3.63) is 47.7 Å². The molecule has 3 heterocycles. The third-order valence-electron chi connectivity index (χ3n) is 6.42. The Balaban J connectivity index is 1.51. The van der Waals surface area contributed by atoms with Gasteiger partial charge in [0.25, 0.3) is 5.91 Å². The van der Waals surface area contributed by atoms with Crippen molar-refractivity contribution >= 4 is 17.6 Å². The van der Waals surface area contributed by atoms with Crippen molar-refractivity contribution in [3.8, 4) is 11.1 Å². The Bertz CT molecular complexity index is 1120. The van der Waals surface area contributed by atoms with Gasteiger partial charge in [-0.15, -0.1) is 0 Å². The maximum Gasteiger partial charge on any atom is 0.270 e. The first kappa shape index (κ1) is 23.7. The smallest absolute Gasteiger partial charge is 0.270 e. The van der Waals surface area contributed by atoms with Gasteiger partial charge in [-0.3, -0.25) is 14.3 Å². The molecule has 4 rings (SSSR count). The number of amides is 2. The Morgan fingerprint density at radius 2 is 1.88 bits per heavy atom. The zero-order chi connectivity index (χ0) is 24.2. The molecule has 9 heteroatoms. The Labute approximate surface area is 199 Å². The molecule has 0 spiro atoms. The van der Waals surface area contributed by atoms with Crippen LogP contribution < -0.4 is 10.6 Å². The van der Waals surface area contributed by atoms with E-state index in [-0.39, 0.29) is 23.8 Å². The van der Waals surface area contributed by atoms with Gasteiger partial charge in [0.2, 0.25) is 5.91 Å². The molecule has 0 aromatic carbocycles. The average Bonchev–Trinajstić information content (AvgIpc) is 3.45. The van der Waals surface area contributed by atoms with Crippen molar-refractivity contribution in [2.45, 2.75) is 71.9 Å². The summed E-state index contributed by atoms with van der Waals surface area (Å²) in [5.74, 6) is 0.682. The van der Waals surface area contributed by atoms with Crippen molar-refractivity contribution in [1.29, 1.82) is 0 Å². The normalized spacial score (nSPS) is 15.3. The van der Waals surface area contributed by atoms with E-state index < -0.39 is 6.04 Å². The molecular formula is C25H32N6O3. The van der Waals surface area contributed by atoms with Crippen LogP contribution >= 0.6 is 0 Å². The molecule has 180 valence electrons. The minimum atomic E-state index is -0.646. The zero-order valence-electron chi connectivity index (χ0n) is 20.2. The number of nitrogens with zero attached hydrogens (tertiary/aromatic N) is 4. The highest BCUT2D eigenvalue weighted by atomic mass is 16.5. The topological polar surface area (TPSA) is 115 Å². The van der Waals surface area contributed by atoms with E-state index in [1.807, 2.05) is 33.8 Å². The van der Waals surface area contributed by atoms with Crippen LogP contribution in [0.25, 0.3) is 11.1 Å². The highest BCUT2D eigenvalue weighted by Gasteiger charge is 2.32. The van der Waals surface area contributed by atoms with Crippen LogP contribution in [-0.2, 0) is 4.79 Å². The number of aromatic nitrogens is 4. The molecule has 1 fully saturated rings. The minimum absolute atomic E-state index is 0.0399. The van der Waals surface area contributed by atoms with Crippen molar-refractivity contribution in [3.63, 3.8) is 0 Å². The van der Waals surface area contributed by atoms with Gasteiger partial charge in [-0.1, -0.05) is 24.4 Å². The summed E-state index contributed by atoms with van der Waals surface area (Å²) in [7, 11) is 0. The summed E-state index contributed by atoms with van der Waals surface area (Å²) in [6.07, 6.45) is 8.37. The summed E-state index contributed by atoms with van der Waals surface area (Å²) in [5, 5.41) is 14.1.